The number of halogens is 1. The van der Waals surface area contributed by atoms with E-state index in [0.717, 1.165) is 17.0 Å². The Hall–Kier alpha value is -0.570. The number of ether oxygens (including phenoxy) is 1. The second kappa shape index (κ2) is 4.52. The molecule has 1 aliphatic heterocycles. The number of aliphatic hydroxyl groups is 1. The first-order chi connectivity index (χ1) is 7.16. The average molecular weight is 227 g/mol. The highest BCUT2D eigenvalue weighted by atomic mass is 35.5. The van der Waals surface area contributed by atoms with Crippen LogP contribution in [0.4, 0.5) is 0 Å². The summed E-state index contributed by atoms with van der Waals surface area (Å²) in [5, 5.41) is 10.4. The van der Waals surface area contributed by atoms with Gasteiger partial charge in [0.2, 0.25) is 0 Å². The van der Waals surface area contributed by atoms with Crippen LogP contribution in [0.1, 0.15) is 11.1 Å². The van der Waals surface area contributed by atoms with Gasteiger partial charge in [-0.3, -0.25) is 0 Å². The SMILES string of the molecule is Cc1cc(C[C@@H]2COC[C@H]2O)ccc1Cl. The molecule has 2 atom stereocenters. The van der Waals surface area contributed by atoms with Gasteiger partial charge in [-0.05, 0) is 30.5 Å². The fourth-order valence-electron chi connectivity index (χ4n) is 1.92. The van der Waals surface area contributed by atoms with Crippen LogP contribution in [0, 0.1) is 12.8 Å². The largest absolute Gasteiger partial charge is 0.390 e. The molecule has 1 heterocycles. The van der Waals surface area contributed by atoms with E-state index < -0.39 is 0 Å². The smallest absolute Gasteiger partial charge is 0.0826 e. The molecule has 0 aliphatic carbocycles. The molecule has 15 heavy (non-hydrogen) atoms. The van der Waals surface area contributed by atoms with E-state index in [1.165, 1.54) is 5.56 Å². The van der Waals surface area contributed by atoms with Gasteiger partial charge >= 0.3 is 0 Å². The van der Waals surface area contributed by atoms with Crippen LogP contribution in [-0.2, 0) is 11.2 Å². The van der Waals surface area contributed by atoms with Crippen LogP contribution in [-0.4, -0.2) is 24.4 Å². The molecular weight excluding hydrogens is 212 g/mol. The summed E-state index contributed by atoms with van der Waals surface area (Å²) in [6, 6.07) is 6.00. The second-order valence-electron chi connectivity index (χ2n) is 4.15. The standard InChI is InChI=1S/C12H15ClO2/c1-8-4-9(2-3-11(8)13)5-10-6-15-7-12(10)14/h2-4,10,12,14H,5-7H2,1H3/t10-,12-/m1/s1. The van der Waals surface area contributed by atoms with E-state index in [4.69, 9.17) is 16.3 Å². The van der Waals surface area contributed by atoms with Crippen LogP contribution in [0.2, 0.25) is 5.02 Å². The van der Waals surface area contributed by atoms with Gasteiger partial charge in [-0.15, -0.1) is 0 Å². The van der Waals surface area contributed by atoms with Crippen molar-refractivity contribution >= 4 is 11.6 Å². The minimum atomic E-state index is -0.319. The zero-order valence-electron chi connectivity index (χ0n) is 8.74. The Balaban J connectivity index is 2.07. The fourth-order valence-corrected chi connectivity index (χ4v) is 2.04. The van der Waals surface area contributed by atoms with Gasteiger partial charge in [0.25, 0.3) is 0 Å². The van der Waals surface area contributed by atoms with Gasteiger partial charge in [0, 0.05) is 10.9 Å². The fraction of sp³-hybridized carbons (Fsp3) is 0.500. The third kappa shape index (κ3) is 2.51. The highest BCUT2D eigenvalue weighted by Crippen LogP contribution is 2.22. The van der Waals surface area contributed by atoms with E-state index in [2.05, 4.69) is 6.07 Å². The predicted octanol–water partition coefficient (Wildman–Crippen LogP) is 2.20. The number of aryl methyl sites for hydroxylation is 1. The van der Waals surface area contributed by atoms with Gasteiger partial charge in [0.15, 0.2) is 0 Å². The van der Waals surface area contributed by atoms with E-state index in [9.17, 15) is 5.11 Å². The van der Waals surface area contributed by atoms with Gasteiger partial charge in [-0.1, -0.05) is 23.7 Å². The molecule has 0 spiro atoms. The maximum absolute atomic E-state index is 9.62. The molecule has 0 unspecified atom stereocenters. The van der Waals surface area contributed by atoms with E-state index in [-0.39, 0.29) is 12.0 Å². The molecule has 2 nitrogen and oxygen atoms in total. The Kier molecular flexibility index (Phi) is 3.29. The summed E-state index contributed by atoms with van der Waals surface area (Å²) in [5.41, 5.74) is 2.30. The molecule has 3 heteroatoms. The quantitative estimate of drug-likeness (QED) is 0.838. The van der Waals surface area contributed by atoms with Crippen LogP contribution >= 0.6 is 11.6 Å². The lowest BCUT2D eigenvalue weighted by molar-refractivity contribution is 0.118. The van der Waals surface area contributed by atoms with Gasteiger partial charge < -0.3 is 9.84 Å². The van der Waals surface area contributed by atoms with E-state index in [0.29, 0.717) is 13.2 Å². The molecule has 82 valence electrons. The lowest BCUT2D eigenvalue weighted by Crippen LogP contribution is -2.19. The topological polar surface area (TPSA) is 29.5 Å². The Morgan fingerprint density at radius 3 is 2.87 bits per heavy atom. The minimum Gasteiger partial charge on any atom is -0.390 e. The molecule has 1 aromatic carbocycles. The lowest BCUT2D eigenvalue weighted by atomic mass is 9.96. The van der Waals surface area contributed by atoms with E-state index >= 15 is 0 Å². The first kappa shape index (κ1) is 10.9. The summed E-state index contributed by atoms with van der Waals surface area (Å²) in [5.74, 6) is 0.227. The Morgan fingerprint density at radius 2 is 2.27 bits per heavy atom. The Labute approximate surface area is 94.8 Å². The van der Waals surface area contributed by atoms with Crippen molar-refractivity contribution in [1.82, 2.24) is 0 Å². The van der Waals surface area contributed by atoms with Gasteiger partial charge in [0.05, 0.1) is 19.3 Å². The average Bonchev–Trinajstić information content (AvgIpc) is 2.59. The van der Waals surface area contributed by atoms with Crippen LogP contribution in [0.5, 0.6) is 0 Å². The zero-order valence-corrected chi connectivity index (χ0v) is 9.50. The summed E-state index contributed by atoms with van der Waals surface area (Å²) in [7, 11) is 0. The van der Waals surface area contributed by atoms with Crippen LogP contribution in [0.25, 0.3) is 0 Å². The zero-order chi connectivity index (χ0) is 10.8. The maximum atomic E-state index is 9.62. The molecule has 1 aliphatic rings. The molecule has 0 aromatic heterocycles. The normalized spacial score (nSPS) is 25.8. The van der Waals surface area contributed by atoms with Crippen molar-refractivity contribution in [3.8, 4) is 0 Å². The molecule has 0 radical (unpaired) electrons. The predicted molar refractivity (Wildman–Crippen MR) is 60.2 cm³/mol. The monoisotopic (exact) mass is 226 g/mol. The number of hydrogen-bond acceptors (Lipinski definition) is 2. The van der Waals surface area contributed by atoms with Gasteiger partial charge in [0.1, 0.15) is 0 Å². The molecule has 1 saturated heterocycles. The Morgan fingerprint density at radius 1 is 1.47 bits per heavy atom. The molecule has 1 fully saturated rings. The first-order valence-corrected chi connectivity index (χ1v) is 5.55. The van der Waals surface area contributed by atoms with Crippen molar-refractivity contribution < 1.29 is 9.84 Å². The first-order valence-electron chi connectivity index (χ1n) is 5.17. The number of aliphatic hydroxyl groups excluding tert-OH is 1. The van der Waals surface area contributed by atoms with Crippen molar-refractivity contribution in [3.05, 3.63) is 34.3 Å². The molecule has 0 amide bonds. The molecule has 2 rings (SSSR count). The molecule has 0 bridgehead atoms. The van der Waals surface area contributed by atoms with E-state index in [1.54, 1.807) is 0 Å². The number of hydrogen-bond donors (Lipinski definition) is 1. The van der Waals surface area contributed by atoms with Crippen molar-refractivity contribution in [2.24, 2.45) is 5.92 Å². The lowest BCUT2D eigenvalue weighted by Gasteiger charge is -2.12. The summed E-state index contributed by atoms with van der Waals surface area (Å²) in [4.78, 5) is 0. The van der Waals surface area contributed by atoms with Gasteiger partial charge in [-0.25, -0.2) is 0 Å². The van der Waals surface area contributed by atoms with E-state index in [1.807, 2.05) is 19.1 Å². The Bertz CT molecular complexity index is 351. The molecule has 1 aromatic rings. The molecule has 1 N–H and O–H groups in total. The highest BCUT2D eigenvalue weighted by molar-refractivity contribution is 6.31. The minimum absolute atomic E-state index is 0.227. The summed E-state index contributed by atoms with van der Waals surface area (Å²) in [6.07, 6.45) is 0.542. The second-order valence-corrected chi connectivity index (χ2v) is 4.56. The number of rotatable bonds is 2. The van der Waals surface area contributed by atoms with Gasteiger partial charge in [-0.2, -0.15) is 0 Å². The van der Waals surface area contributed by atoms with Crippen molar-refractivity contribution in [2.45, 2.75) is 19.4 Å². The summed E-state index contributed by atoms with van der Waals surface area (Å²) >= 11 is 5.95. The van der Waals surface area contributed by atoms with Crippen LogP contribution in [0.3, 0.4) is 0 Å². The molecule has 0 saturated carbocycles. The molecular formula is C12H15ClO2. The summed E-state index contributed by atoms with van der Waals surface area (Å²) < 4.78 is 5.22. The van der Waals surface area contributed by atoms with Crippen LogP contribution < -0.4 is 0 Å². The van der Waals surface area contributed by atoms with Crippen molar-refractivity contribution in [1.29, 1.82) is 0 Å². The number of benzene rings is 1. The highest BCUT2D eigenvalue weighted by Gasteiger charge is 2.26. The van der Waals surface area contributed by atoms with Crippen molar-refractivity contribution in [2.75, 3.05) is 13.2 Å². The summed E-state index contributed by atoms with van der Waals surface area (Å²) in [6.45, 7) is 3.12. The third-order valence-corrected chi connectivity index (χ3v) is 3.31. The van der Waals surface area contributed by atoms with Crippen LogP contribution in [0.15, 0.2) is 18.2 Å². The third-order valence-electron chi connectivity index (χ3n) is 2.88. The van der Waals surface area contributed by atoms with Crippen molar-refractivity contribution in [3.63, 3.8) is 0 Å². The maximum Gasteiger partial charge on any atom is 0.0826 e.